The van der Waals surface area contributed by atoms with Crippen molar-refractivity contribution >= 4 is 11.1 Å². The molecule has 0 spiro atoms. The lowest BCUT2D eigenvalue weighted by Crippen LogP contribution is -2.19. The van der Waals surface area contributed by atoms with Gasteiger partial charge < -0.3 is 19.7 Å². The van der Waals surface area contributed by atoms with Crippen molar-refractivity contribution < 1.29 is 24.1 Å². The maximum Gasteiger partial charge on any atom is 0.119 e. The van der Waals surface area contributed by atoms with E-state index in [1.54, 1.807) is 0 Å². The molecular weight excluding hydrogens is 419 g/mol. The monoisotopic (exact) mass is 450 g/mol. The van der Waals surface area contributed by atoms with Crippen LogP contribution in [-0.2, 0) is 0 Å². The molecule has 0 aliphatic carbocycles. The molecule has 0 fully saturated rings. The SMILES string of the molecule is CCC(O)COc1ccc(/C(=C(/C)c2ccccc2)c2ccc(OCC(O)CF)cc2)cc1. The van der Waals surface area contributed by atoms with Gasteiger partial charge in [-0.15, -0.1) is 0 Å². The number of hydrogen-bond acceptors (Lipinski definition) is 4. The molecule has 0 aliphatic heterocycles. The molecule has 33 heavy (non-hydrogen) atoms. The fourth-order valence-electron chi connectivity index (χ4n) is 3.42. The summed E-state index contributed by atoms with van der Waals surface area (Å²) in [6.07, 6.45) is -0.958. The highest BCUT2D eigenvalue weighted by Crippen LogP contribution is 2.33. The molecule has 0 saturated heterocycles. The summed E-state index contributed by atoms with van der Waals surface area (Å²) < 4.78 is 23.6. The minimum Gasteiger partial charge on any atom is -0.491 e. The van der Waals surface area contributed by atoms with E-state index in [4.69, 9.17) is 9.47 Å². The molecular formula is C28H31FO4. The third kappa shape index (κ3) is 6.91. The fourth-order valence-corrected chi connectivity index (χ4v) is 3.42. The molecule has 2 N–H and O–H groups in total. The first kappa shape index (κ1) is 24.5. The molecule has 3 aromatic rings. The normalized spacial score (nSPS) is 13.7. The molecule has 0 heterocycles. The molecule has 2 unspecified atom stereocenters. The van der Waals surface area contributed by atoms with E-state index in [0.717, 1.165) is 27.8 Å². The van der Waals surface area contributed by atoms with Gasteiger partial charge in [-0.05, 0) is 65.4 Å². The van der Waals surface area contributed by atoms with Crippen molar-refractivity contribution in [2.75, 3.05) is 19.9 Å². The summed E-state index contributed by atoms with van der Waals surface area (Å²) in [7, 11) is 0. The number of allylic oxidation sites excluding steroid dienone is 1. The van der Waals surface area contributed by atoms with Gasteiger partial charge in [0.15, 0.2) is 0 Å². The number of rotatable bonds is 11. The van der Waals surface area contributed by atoms with Crippen molar-refractivity contribution in [1.29, 1.82) is 0 Å². The van der Waals surface area contributed by atoms with Crippen LogP contribution in [0.25, 0.3) is 11.1 Å². The van der Waals surface area contributed by atoms with Gasteiger partial charge in [0.1, 0.15) is 37.5 Å². The van der Waals surface area contributed by atoms with Crippen molar-refractivity contribution in [3.63, 3.8) is 0 Å². The van der Waals surface area contributed by atoms with E-state index in [1.165, 1.54) is 0 Å². The van der Waals surface area contributed by atoms with Gasteiger partial charge in [0.2, 0.25) is 0 Å². The number of hydrogen-bond donors (Lipinski definition) is 2. The summed E-state index contributed by atoms with van der Waals surface area (Å²) in [5, 5.41) is 19.1. The average molecular weight is 451 g/mol. The predicted molar refractivity (Wildman–Crippen MR) is 130 cm³/mol. The molecule has 4 nitrogen and oxygen atoms in total. The maximum absolute atomic E-state index is 12.5. The van der Waals surface area contributed by atoms with Crippen molar-refractivity contribution in [1.82, 2.24) is 0 Å². The number of halogens is 1. The number of alkyl halides is 1. The molecule has 3 rings (SSSR count). The van der Waals surface area contributed by atoms with E-state index in [0.29, 0.717) is 17.9 Å². The molecule has 0 aliphatic rings. The largest absolute Gasteiger partial charge is 0.491 e. The van der Waals surface area contributed by atoms with E-state index in [9.17, 15) is 14.6 Å². The molecule has 3 aromatic carbocycles. The van der Waals surface area contributed by atoms with E-state index >= 15 is 0 Å². The Hall–Kier alpha value is -3.15. The minimum absolute atomic E-state index is 0.0875. The van der Waals surface area contributed by atoms with Gasteiger partial charge >= 0.3 is 0 Å². The van der Waals surface area contributed by atoms with Crippen molar-refractivity contribution in [3.8, 4) is 11.5 Å². The highest BCUT2D eigenvalue weighted by Gasteiger charge is 2.12. The van der Waals surface area contributed by atoms with E-state index in [-0.39, 0.29) is 13.2 Å². The van der Waals surface area contributed by atoms with Crippen LogP contribution in [0, 0.1) is 0 Å². The van der Waals surface area contributed by atoms with Crippen molar-refractivity contribution in [2.24, 2.45) is 0 Å². The fraction of sp³-hybridized carbons (Fsp3) is 0.286. The molecule has 0 bridgehead atoms. The summed E-state index contributed by atoms with van der Waals surface area (Å²) in [5.74, 6) is 1.28. The van der Waals surface area contributed by atoms with E-state index < -0.39 is 18.9 Å². The van der Waals surface area contributed by atoms with Crippen molar-refractivity contribution in [2.45, 2.75) is 32.5 Å². The quantitative estimate of drug-likeness (QED) is 0.378. The number of aliphatic hydroxyl groups excluding tert-OH is 2. The summed E-state index contributed by atoms with van der Waals surface area (Å²) in [5.41, 5.74) is 5.33. The van der Waals surface area contributed by atoms with Gasteiger partial charge in [-0.3, -0.25) is 0 Å². The number of benzene rings is 3. The van der Waals surface area contributed by atoms with Gasteiger partial charge in [-0.1, -0.05) is 61.5 Å². The zero-order chi connectivity index (χ0) is 23.6. The molecule has 0 amide bonds. The van der Waals surface area contributed by atoms with Crippen molar-refractivity contribution in [3.05, 3.63) is 95.6 Å². The first-order chi connectivity index (χ1) is 16.0. The van der Waals surface area contributed by atoms with Gasteiger partial charge in [-0.2, -0.15) is 0 Å². The summed E-state index contributed by atoms with van der Waals surface area (Å²) >= 11 is 0. The van der Waals surface area contributed by atoms with Crippen LogP contribution in [0.3, 0.4) is 0 Å². The third-order valence-electron chi connectivity index (χ3n) is 5.40. The van der Waals surface area contributed by atoms with Crippen LogP contribution in [0.15, 0.2) is 78.9 Å². The second kappa shape index (κ2) is 12.2. The third-order valence-corrected chi connectivity index (χ3v) is 5.40. The van der Waals surface area contributed by atoms with Crippen LogP contribution in [0.4, 0.5) is 4.39 Å². The second-order valence-corrected chi connectivity index (χ2v) is 7.91. The maximum atomic E-state index is 12.5. The first-order valence-electron chi connectivity index (χ1n) is 11.2. The Morgan fingerprint density at radius 1 is 0.727 bits per heavy atom. The van der Waals surface area contributed by atoms with Crippen LogP contribution >= 0.6 is 0 Å². The lowest BCUT2D eigenvalue weighted by molar-refractivity contribution is 0.0842. The van der Waals surface area contributed by atoms with Crippen LogP contribution in [0.1, 0.15) is 37.0 Å². The second-order valence-electron chi connectivity index (χ2n) is 7.91. The van der Waals surface area contributed by atoms with Crippen LogP contribution in [-0.4, -0.2) is 42.3 Å². The minimum atomic E-state index is -1.13. The lowest BCUT2D eigenvalue weighted by atomic mass is 9.90. The highest BCUT2D eigenvalue weighted by atomic mass is 19.1. The van der Waals surface area contributed by atoms with Crippen LogP contribution < -0.4 is 9.47 Å². The lowest BCUT2D eigenvalue weighted by Gasteiger charge is -2.16. The van der Waals surface area contributed by atoms with Crippen LogP contribution in [0.5, 0.6) is 11.5 Å². The predicted octanol–water partition coefficient (Wildman–Crippen LogP) is 5.52. The Bertz CT molecular complexity index is 955. The Morgan fingerprint density at radius 3 is 1.67 bits per heavy atom. The van der Waals surface area contributed by atoms with Gasteiger partial charge in [0.05, 0.1) is 6.10 Å². The standard InChI is InChI=1S/C28H31FO4/c1-3-24(30)18-32-26-13-9-22(10-14-26)28(20(2)21-7-5-4-6-8-21)23-11-15-27(16-12-23)33-19-25(31)17-29/h4-16,24-25,30-31H,3,17-19H2,1-2H3/b28-20+. The molecule has 2 atom stereocenters. The zero-order valence-electron chi connectivity index (χ0n) is 19.1. The highest BCUT2D eigenvalue weighted by molar-refractivity contribution is 5.97. The summed E-state index contributed by atoms with van der Waals surface area (Å²) in [6.45, 7) is 3.35. The average Bonchev–Trinajstić information content (AvgIpc) is 2.87. The Kier molecular flexibility index (Phi) is 9.04. The van der Waals surface area contributed by atoms with Gasteiger partial charge in [0, 0.05) is 0 Å². The summed E-state index contributed by atoms with van der Waals surface area (Å²) in [4.78, 5) is 0. The van der Waals surface area contributed by atoms with E-state index in [2.05, 4.69) is 19.1 Å². The smallest absolute Gasteiger partial charge is 0.119 e. The van der Waals surface area contributed by atoms with Crippen LogP contribution in [0.2, 0.25) is 0 Å². The van der Waals surface area contributed by atoms with Gasteiger partial charge in [-0.25, -0.2) is 4.39 Å². The topological polar surface area (TPSA) is 58.9 Å². The summed E-state index contributed by atoms with van der Waals surface area (Å²) in [6, 6.07) is 25.6. The zero-order valence-corrected chi connectivity index (χ0v) is 19.1. The Morgan fingerprint density at radius 2 is 1.21 bits per heavy atom. The molecule has 0 saturated carbocycles. The van der Waals surface area contributed by atoms with E-state index in [1.807, 2.05) is 73.7 Å². The Labute approximate surface area is 194 Å². The van der Waals surface area contributed by atoms with Gasteiger partial charge in [0.25, 0.3) is 0 Å². The number of aliphatic hydroxyl groups is 2. The molecule has 5 heteroatoms. The number of ether oxygens (including phenoxy) is 2. The molecule has 174 valence electrons. The molecule has 0 radical (unpaired) electrons. The molecule has 0 aromatic heterocycles. The first-order valence-corrected chi connectivity index (χ1v) is 11.2. The Balaban J connectivity index is 1.91.